The van der Waals surface area contributed by atoms with Gasteiger partial charge < -0.3 is 16.2 Å². The van der Waals surface area contributed by atoms with E-state index in [9.17, 15) is 4.79 Å². The molecule has 15 heavy (non-hydrogen) atoms. The molecule has 0 fully saturated rings. The van der Waals surface area contributed by atoms with Gasteiger partial charge in [-0.15, -0.1) is 11.3 Å². The van der Waals surface area contributed by atoms with Crippen molar-refractivity contribution in [2.75, 3.05) is 13.2 Å². The van der Waals surface area contributed by atoms with Crippen molar-refractivity contribution in [3.8, 4) is 0 Å². The van der Waals surface area contributed by atoms with Crippen LogP contribution in [0.4, 0.5) is 0 Å². The summed E-state index contributed by atoms with van der Waals surface area (Å²) in [5, 5.41) is 0. The molecule has 0 saturated heterocycles. The van der Waals surface area contributed by atoms with Crippen LogP contribution < -0.4 is 11.5 Å². The number of rotatable bonds is 5. The summed E-state index contributed by atoms with van der Waals surface area (Å²) in [6.07, 6.45) is 0. The van der Waals surface area contributed by atoms with Crippen molar-refractivity contribution >= 4 is 40.4 Å². The van der Waals surface area contributed by atoms with Gasteiger partial charge in [-0.1, -0.05) is 23.2 Å². The average Bonchev–Trinajstić information content (AvgIpc) is 2.44. The van der Waals surface area contributed by atoms with Crippen LogP contribution in [0.5, 0.6) is 0 Å². The van der Waals surface area contributed by atoms with E-state index in [1.807, 2.05) is 0 Å². The van der Waals surface area contributed by atoms with Gasteiger partial charge >= 0.3 is 0 Å². The molecule has 0 bridgehead atoms. The molecule has 1 amide bonds. The number of nitrogens with two attached hydrogens (primary N) is 2. The van der Waals surface area contributed by atoms with E-state index in [-0.39, 0.29) is 13.2 Å². The first-order valence-corrected chi connectivity index (χ1v) is 5.64. The van der Waals surface area contributed by atoms with E-state index in [4.69, 9.17) is 39.4 Å². The summed E-state index contributed by atoms with van der Waals surface area (Å²) < 4.78 is 6.09. The molecule has 0 spiro atoms. The molecule has 4 N–H and O–H groups in total. The van der Waals surface area contributed by atoms with Crippen molar-refractivity contribution < 1.29 is 9.53 Å². The van der Waals surface area contributed by atoms with Crippen molar-refractivity contribution in [2.45, 2.75) is 6.04 Å². The molecule has 1 unspecified atom stereocenters. The minimum atomic E-state index is -0.531. The van der Waals surface area contributed by atoms with E-state index in [0.29, 0.717) is 8.67 Å². The number of primary amides is 1. The highest BCUT2D eigenvalue weighted by molar-refractivity contribution is 7.20. The van der Waals surface area contributed by atoms with Gasteiger partial charge in [-0.25, -0.2) is 0 Å². The van der Waals surface area contributed by atoms with Gasteiger partial charge in [-0.2, -0.15) is 0 Å². The van der Waals surface area contributed by atoms with Gasteiger partial charge in [0.25, 0.3) is 0 Å². The normalized spacial score (nSPS) is 12.7. The standard InChI is InChI=1S/C8H10Cl2N2O2S/c9-6-1-4(8(10)15-6)5(11)2-14-3-7(12)13/h1,5H,2-3,11H2,(H2,12,13). The van der Waals surface area contributed by atoms with E-state index in [1.54, 1.807) is 6.07 Å². The van der Waals surface area contributed by atoms with Crippen molar-refractivity contribution in [1.29, 1.82) is 0 Å². The van der Waals surface area contributed by atoms with Crippen LogP contribution in [0.1, 0.15) is 11.6 Å². The Morgan fingerprint density at radius 2 is 2.27 bits per heavy atom. The summed E-state index contributed by atoms with van der Waals surface area (Å²) in [4.78, 5) is 10.4. The Morgan fingerprint density at radius 3 is 2.73 bits per heavy atom. The largest absolute Gasteiger partial charge is 0.370 e. The number of hydrogen-bond donors (Lipinski definition) is 2. The molecular weight excluding hydrogens is 259 g/mol. The predicted molar refractivity (Wildman–Crippen MR) is 61.3 cm³/mol. The molecule has 84 valence electrons. The first-order chi connectivity index (χ1) is 7.00. The molecular formula is C8H10Cl2N2O2S. The zero-order valence-corrected chi connectivity index (χ0v) is 10.0. The third kappa shape index (κ3) is 3.96. The molecule has 1 aromatic heterocycles. The van der Waals surface area contributed by atoms with Crippen LogP contribution in [-0.4, -0.2) is 19.1 Å². The van der Waals surface area contributed by atoms with E-state index in [2.05, 4.69) is 0 Å². The highest BCUT2D eigenvalue weighted by Crippen LogP contribution is 2.34. The quantitative estimate of drug-likeness (QED) is 0.851. The number of halogens is 2. The molecule has 0 aliphatic carbocycles. The van der Waals surface area contributed by atoms with E-state index in [1.165, 1.54) is 11.3 Å². The third-order valence-corrected chi connectivity index (χ3v) is 3.14. The van der Waals surface area contributed by atoms with Gasteiger partial charge in [0, 0.05) is 5.56 Å². The summed E-state index contributed by atoms with van der Waals surface area (Å²) in [6.45, 7) is 0.0267. The van der Waals surface area contributed by atoms with Gasteiger partial charge in [0.2, 0.25) is 5.91 Å². The van der Waals surface area contributed by atoms with Crippen LogP contribution in [0.25, 0.3) is 0 Å². The van der Waals surface area contributed by atoms with Gasteiger partial charge in [-0.05, 0) is 6.07 Å². The van der Waals surface area contributed by atoms with Gasteiger partial charge in [0.05, 0.1) is 21.3 Å². The number of amides is 1. The molecule has 7 heteroatoms. The van der Waals surface area contributed by atoms with Crippen LogP contribution in [0.3, 0.4) is 0 Å². The second-order valence-electron chi connectivity index (χ2n) is 2.87. The fraction of sp³-hybridized carbons (Fsp3) is 0.375. The van der Waals surface area contributed by atoms with Gasteiger partial charge in [-0.3, -0.25) is 4.79 Å². The third-order valence-electron chi connectivity index (χ3n) is 1.62. The van der Waals surface area contributed by atoms with Crippen LogP contribution in [0.2, 0.25) is 8.67 Å². The van der Waals surface area contributed by atoms with Crippen molar-refractivity contribution in [3.63, 3.8) is 0 Å². The Labute approximate surface area is 101 Å². The molecule has 1 atom stereocenters. The average molecular weight is 269 g/mol. The topological polar surface area (TPSA) is 78.3 Å². The van der Waals surface area contributed by atoms with Crippen molar-refractivity contribution in [3.05, 3.63) is 20.3 Å². The molecule has 0 radical (unpaired) electrons. The highest BCUT2D eigenvalue weighted by Gasteiger charge is 2.14. The zero-order chi connectivity index (χ0) is 11.4. The van der Waals surface area contributed by atoms with E-state index in [0.717, 1.165) is 5.56 Å². The molecule has 0 saturated carbocycles. The Kier molecular flexibility index (Phi) is 4.82. The molecule has 0 aromatic carbocycles. The summed E-state index contributed by atoms with van der Waals surface area (Å²) >= 11 is 12.9. The second-order valence-corrected chi connectivity index (χ2v) is 5.15. The number of thiophene rings is 1. The zero-order valence-electron chi connectivity index (χ0n) is 7.70. The monoisotopic (exact) mass is 268 g/mol. The Balaban J connectivity index is 2.50. The van der Waals surface area contributed by atoms with E-state index < -0.39 is 11.9 Å². The van der Waals surface area contributed by atoms with Gasteiger partial charge in [0.15, 0.2) is 0 Å². The fourth-order valence-corrected chi connectivity index (χ4v) is 2.58. The minimum absolute atomic E-state index is 0.150. The number of carbonyl (C=O) groups excluding carboxylic acids is 1. The van der Waals surface area contributed by atoms with Crippen LogP contribution in [0.15, 0.2) is 6.07 Å². The number of ether oxygens (including phenoxy) is 1. The first-order valence-electron chi connectivity index (χ1n) is 4.07. The van der Waals surface area contributed by atoms with Crippen LogP contribution in [0, 0.1) is 0 Å². The fourth-order valence-electron chi connectivity index (χ4n) is 0.982. The molecule has 0 aliphatic heterocycles. The predicted octanol–water partition coefficient (Wildman–Crippen LogP) is 1.56. The summed E-state index contributed by atoms with van der Waals surface area (Å²) in [5.74, 6) is -0.531. The van der Waals surface area contributed by atoms with Crippen LogP contribution >= 0.6 is 34.5 Å². The molecule has 1 rings (SSSR count). The summed E-state index contributed by atoms with van der Waals surface area (Å²) in [5.41, 5.74) is 11.4. The molecule has 4 nitrogen and oxygen atoms in total. The molecule has 1 heterocycles. The summed E-state index contributed by atoms with van der Waals surface area (Å²) in [6, 6.07) is 1.29. The van der Waals surface area contributed by atoms with Crippen molar-refractivity contribution in [1.82, 2.24) is 0 Å². The molecule has 1 aromatic rings. The Hall–Kier alpha value is -0.330. The maximum Gasteiger partial charge on any atom is 0.243 e. The molecule has 0 aliphatic rings. The lowest BCUT2D eigenvalue weighted by molar-refractivity contribution is -0.122. The summed E-state index contributed by atoms with van der Waals surface area (Å²) in [7, 11) is 0. The highest BCUT2D eigenvalue weighted by atomic mass is 35.5. The number of hydrogen-bond acceptors (Lipinski definition) is 4. The SMILES string of the molecule is NC(=O)COCC(N)c1cc(Cl)sc1Cl. The maximum atomic E-state index is 10.4. The Morgan fingerprint density at radius 1 is 1.60 bits per heavy atom. The van der Waals surface area contributed by atoms with Crippen molar-refractivity contribution in [2.24, 2.45) is 11.5 Å². The minimum Gasteiger partial charge on any atom is -0.370 e. The lowest BCUT2D eigenvalue weighted by Gasteiger charge is -2.10. The van der Waals surface area contributed by atoms with Crippen LogP contribution in [-0.2, 0) is 9.53 Å². The maximum absolute atomic E-state index is 10.4. The lowest BCUT2D eigenvalue weighted by atomic mass is 10.2. The second kappa shape index (κ2) is 5.67. The lowest BCUT2D eigenvalue weighted by Crippen LogP contribution is -2.23. The smallest absolute Gasteiger partial charge is 0.243 e. The van der Waals surface area contributed by atoms with Gasteiger partial charge in [0.1, 0.15) is 6.61 Å². The number of carbonyl (C=O) groups is 1. The first kappa shape index (κ1) is 12.7. The van der Waals surface area contributed by atoms with E-state index >= 15 is 0 Å². The Bertz CT molecular complexity index is 356.